The van der Waals surface area contributed by atoms with Gasteiger partial charge in [0.1, 0.15) is 17.4 Å². The summed E-state index contributed by atoms with van der Waals surface area (Å²) in [7, 11) is 1.25. The number of nitrogens with zero attached hydrogens (tertiary/aromatic N) is 1. The number of carbonyl (C=O) groups excluding carboxylic acids is 1. The quantitative estimate of drug-likeness (QED) is 0.454. The van der Waals surface area contributed by atoms with Gasteiger partial charge in [0.25, 0.3) is 0 Å². The Morgan fingerprint density at radius 2 is 2.15 bits per heavy atom. The first-order chi connectivity index (χ1) is 9.67. The zero-order chi connectivity index (χ0) is 15.0. The van der Waals surface area contributed by atoms with E-state index in [-0.39, 0.29) is 5.57 Å². The van der Waals surface area contributed by atoms with Crippen molar-refractivity contribution in [2.24, 2.45) is 0 Å². The van der Waals surface area contributed by atoms with E-state index in [1.165, 1.54) is 13.2 Å². The molecule has 1 rings (SSSR count). The molecular formula is C16H19NO3. The molecule has 0 bridgehead atoms. The Balaban J connectivity index is 3.29. The molecule has 106 valence electrons. The standard InChI is InChI=1S/C16H19NO3/c1-4-7-12-8-6-9-13(15(12)20-5-2)10-14(11-17)16(18)19-3/h6,8-10H,4-5,7H2,1-3H3. The molecule has 0 aromatic heterocycles. The summed E-state index contributed by atoms with van der Waals surface area (Å²) in [5, 5.41) is 9.02. The first-order valence-electron chi connectivity index (χ1n) is 6.62. The second-order valence-corrected chi connectivity index (χ2v) is 4.18. The van der Waals surface area contributed by atoms with Crippen LogP contribution in [-0.4, -0.2) is 19.7 Å². The fraction of sp³-hybridized carbons (Fsp3) is 0.375. The second-order valence-electron chi connectivity index (χ2n) is 4.18. The van der Waals surface area contributed by atoms with Gasteiger partial charge >= 0.3 is 5.97 Å². The lowest BCUT2D eigenvalue weighted by molar-refractivity contribution is -0.135. The number of para-hydroxylation sites is 1. The Kier molecular flexibility index (Phi) is 6.31. The summed E-state index contributed by atoms with van der Waals surface area (Å²) in [6, 6.07) is 7.57. The highest BCUT2D eigenvalue weighted by molar-refractivity contribution is 5.98. The molecule has 0 aliphatic heterocycles. The molecule has 4 nitrogen and oxygen atoms in total. The monoisotopic (exact) mass is 273 g/mol. The molecule has 0 unspecified atom stereocenters. The molecule has 1 aromatic rings. The number of benzene rings is 1. The van der Waals surface area contributed by atoms with Gasteiger partial charge in [-0.15, -0.1) is 0 Å². The van der Waals surface area contributed by atoms with Gasteiger partial charge in [0.2, 0.25) is 0 Å². The van der Waals surface area contributed by atoms with Crippen LogP contribution in [0.4, 0.5) is 0 Å². The fourth-order valence-corrected chi connectivity index (χ4v) is 1.91. The average molecular weight is 273 g/mol. The lowest BCUT2D eigenvalue weighted by atomic mass is 10.0. The van der Waals surface area contributed by atoms with Crippen LogP contribution in [0.3, 0.4) is 0 Å². The number of aryl methyl sites for hydroxylation is 1. The van der Waals surface area contributed by atoms with Gasteiger partial charge in [-0.2, -0.15) is 5.26 Å². The number of methoxy groups -OCH3 is 1. The van der Waals surface area contributed by atoms with Crippen molar-refractivity contribution < 1.29 is 14.3 Å². The van der Waals surface area contributed by atoms with Gasteiger partial charge in [-0.25, -0.2) is 4.79 Å². The Bertz CT molecular complexity index is 541. The van der Waals surface area contributed by atoms with Gasteiger partial charge in [0, 0.05) is 5.56 Å². The summed E-state index contributed by atoms with van der Waals surface area (Å²) < 4.78 is 10.3. The van der Waals surface area contributed by atoms with E-state index in [9.17, 15) is 4.79 Å². The van der Waals surface area contributed by atoms with Crippen LogP contribution in [0, 0.1) is 11.3 Å². The maximum atomic E-state index is 11.5. The summed E-state index contributed by atoms with van der Waals surface area (Å²) in [5.74, 6) is 0.0874. The lowest BCUT2D eigenvalue weighted by Gasteiger charge is -2.13. The summed E-state index contributed by atoms with van der Waals surface area (Å²) in [6.45, 7) is 4.52. The lowest BCUT2D eigenvalue weighted by Crippen LogP contribution is -2.04. The molecular weight excluding hydrogens is 254 g/mol. The van der Waals surface area contributed by atoms with E-state index in [2.05, 4.69) is 11.7 Å². The van der Waals surface area contributed by atoms with Crippen LogP contribution in [-0.2, 0) is 16.0 Å². The van der Waals surface area contributed by atoms with Crippen molar-refractivity contribution in [2.45, 2.75) is 26.7 Å². The van der Waals surface area contributed by atoms with Crippen LogP contribution in [0.5, 0.6) is 5.75 Å². The topological polar surface area (TPSA) is 59.3 Å². The number of hydrogen-bond donors (Lipinski definition) is 0. The Morgan fingerprint density at radius 3 is 2.70 bits per heavy atom. The van der Waals surface area contributed by atoms with Crippen LogP contribution in [0.2, 0.25) is 0 Å². The van der Waals surface area contributed by atoms with Crippen molar-refractivity contribution in [1.82, 2.24) is 0 Å². The first-order valence-corrected chi connectivity index (χ1v) is 6.62. The summed E-state index contributed by atoms with van der Waals surface area (Å²) in [6.07, 6.45) is 3.39. The molecule has 0 heterocycles. The zero-order valence-corrected chi connectivity index (χ0v) is 12.1. The maximum Gasteiger partial charge on any atom is 0.348 e. The first kappa shape index (κ1) is 15.8. The number of carbonyl (C=O) groups is 1. The molecule has 4 heteroatoms. The number of ether oxygens (including phenoxy) is 2. The zero-order valence-electron chi connectivity index (χ0n) is 12.1. The van der Waals surface area contributed by atoms with Crippen LogP contribution in [0.15, 0.2) is 23.8 Å². The summed E-state index contributed by atoms with van der Waals surface area (Å²) in [5.41, 5.74) is 1.76. The third-order valence-electron chi connectivity index (χ3n) is 2.76. The van der Waals surface area contributed by atoms with Crippen LogP contribution < -0.4 is 4.74 Å². The van der Waals surface area contributed by atoms with Crippen molar-refractivity contribution in [3.63, 3.8) is 0 Å². The Hall–Kier alpha value is -2.28. The van der Waals surface area contributed by atoms with Crippen LogP contribution in [0.25, 0.3) is 6.08 Å². The molecule has 1 aromatic carbocycles. The van der Waals surface area contributed by atoms with Crippen molar-refractivity contribution in [3.8, 4) is 11.8 Å². The van der Waals surface area contributed by atoms with E-state index in [1.807, 2.05) is 31.2 Å². The van der Waals surface area contributed by atoms with Gasteiger partial charge < -0.3 is 9.47 Å². The van der Waals surface area contributed by atoms with E-state index >= 15 is 0 Å². The number of nitriles is 1. The minimum Gasteiger partial charge on any atom is -0.493 e. The molecule has 0 spiro atoms. The van der Waals surface area contributed by atoms with Gasteiger partial charge in [-0.1, -0.05) is 31.5 Å². The van der Waals surface area contributed by atoms with Gasteiger partial charge in [0.15, 0.2) is 0 Å². The fourth-order valence-electron chi connectivity index (χ4n) is 1.91. The number of rotatable bonds is 6. The van der Waals surface area contributed by atoms with Crippen molar-refractivity contribution >= 4 is 12.0 Å². The smallest absolute Gasteiger partial charge is 0.348 e. The highest BCUT2D eigenvalue weighted by atomic mass is 16.5. The molecule has 0 amide bonds. The van der Waals surface area contributed by atoms with E-state index in [0.717, 1.165) is 29.7 Å². The Morgan fingerprint density at radius 1 is 1.40 bits per heavy atom. The molecule has 0 atom stereocenters. The predicted octanol–water partition coefficient (Wildman–Crippen LogP) is 3.12. The van der Waals surface area contributed by atoms with E-state index in [1.54, 1.807) is 0 Å². The van der Waals surface area contributed by atoms with Crippen molar-refractivity contribution in [3.05, 3.63) is 34.9 Å². The minimum atomic E-state index is -0.643. The van der Waals surface area contributed by atoms with E-state index < -0.39 is 5.97 Å². The van der Waals surface area contributed by atoms with E-state index in [0.29, 0.717) is 6.61 Å². The molecule has 0 saturated carbocycles. The normalized spacial score (nSPS) is 10.8. The number of esters is 1. The minimum absolute atomic E-state index is 0.0397. The highest BCUT2D eigenvalue weighted by Gasteiger charge is 2.12. The molecule has 0 fully saturated rings. The van der Waals surface area contributed by atoms with Gasteiger partial charge in [-0.3, -0.25) is 0 Å². The average Bonchev–Trinajstić information content (AvgIpc) is 2.47. The third-order valence-corrected chi connectivity index (χ3v) is 2.76. The molecule has 20 heavy (non-hydrogen) atoms. The second kappa shape index (κ2) is 8.00. The molecule has 0 aliphatic rings. The van der Waals surface area contributed by atoms with Crippen molar-refractivity contribution in [2.75, 3.05) is 13.7 Å². The van der Waals surface area contributed by atoms with Crippen LogP contribution >= 0.6 is 0 Å². The van der Waals surface area contributed by atoms with E-state index in [4.69, 9.17) is 10.00 Å². The summed E-state index contributed by atoms with van der Waals surface area (Å²) >= 11 is 0. The summed E-state index contributed by atoms with van der Waals surface area (Å²) in [4.78, 5) is 11.5. The maximum absolute atomic E-state index is 11.5. The number of hydrogen-bond acceptors (Lipinski definition) is 4. The Labute approximate surface area is 119 Å². The molecule has 0 radical (unpaired) electrons. The molecule has 0 aliphatic carbocycles. The van der Waals surface area contributed by atoms with Crippen molar-refractivity contribution in [1.29, 1.82) is 5.26 Å². The molecule has 0 N–H and O–H groups in total. The highest BCUT2D eigenvalue weighted by Crippen LogP contribution is 2.27. The predicted molar refractivity (Wildman–Crippen MR) is 77.2 cm³/mol. The largest absolute Gasteiger partial charge is 0.493 e. The van der Waals surface area contributed by atoms with Gasteiger partial charge in [0.05, 0.1) is 13.7 Å². The SMILES string of the molecule is CCCc1cccc(C=C(C#N)C(=O)OC)c1OCC. The van der Waals surface area contributed by atoms with Gasteiger partial charge in [-0.05, 0) is 25.0 Å². The third kappa shape index (κ3) is 3.86. The van der Waals surface area contributed by atoms with Crippen LogP contribution in [0.1, 0.15) is 31.4 Å². The molecule has 0 saturated heterocycles.